The zero-order chi connectivity index (χ0) is 15.2. The van der Waals surface area contributed by atoms with Crippen molar-refractivity contribution in [1.29, 1.82) is 0 Å². The molecule has 0 fully saturated rings. The molecule has 0 aliphatic carbocycles. The molecule has 0 radical (unpaired) electrons. The highest BCUT2D eigenvalue weighted by atomic mass is 32.1. The Morgan fingerprint density at radius 3 is 2.62 bits per heavy atom. The molecule has 5 nitrogen and oxygen atoms in total. The fourth-order valence-corrected chi connectivity index (χ4v) is 2.59. The first kappa shape index (κ1) is 15.1. The number of ether oxygens (including phenoxy) is 1. The van der Waals surface area contributed by atoms with Gasteiger partial charge in [0.2, 0.25) is 0 Å². The van der Waals surface area contributed by atoms with Crippen LogP contribution in [0.4, 0.5) is 5.69 Å². The van der Waals surface area contributed by atoms with Gasteiger partial charge >= 0.3 is 5.97 Å². The highest BCUT2D eigenvalue weighted by molar-refractivity contribution is 7.14. The number of para-hydroxylation sites is 1. The Hall–Kier alpha value is -2.34. The SMILES string of the molecule is CCc1cc(OCC(=O)Nc2ccccc2)c(C(=O)O)s1. The summed E-state index contributed by atoms with van der Waals surface area (Å²) in [5.74, 6) is -1.13. The number of carbonyl (C=O) groups is 2. The summed E-state index contributed by atoms with van der Waals surface area (Å²) < 4.78 is 5.33. The number of anilines is 1. The molecule has 1 aromatic carbocycles. The lowest BCUT2D eigenvalue weighted by molar-refractivity contribution is -0.118. The van der Waals surface area contributed by atoms with Gasteiger partial charge in [-0.2, -0.15) is 0 Å². The molecule has 0 saturated heterocycles. The third kappa shape index (κ3) is 4.06. The summed E-state index contributed by atoms with van der Waals surface area (Å²) in [6.45, 7) is 1.71. The van der Waals surface area contributed by atoms with E-state index in [0.29, 0.717) is 5.69 Å². The maximum absolute atomic E-state index is 11.8. The van der Waals surface area contributed by atoms with E-state index >= 15 is 0 Å². The van der Waals surface area contributed by atoms with Gasteiger partial charge in [0, 0.05) is 10.6 Å². The summed E-state index contributed by atoms with van der Waals surface area (Å²) >= 11 is 1.17. The molecule has 110 valence electrons. The Morgan fingerprint density at radius 2 is 2.00 bits per heavy atom. The molecule has 0 aliphatic rings. The van der Waals surface area contributed by atoms with Gasteiger partial charge in [0.1, 0.15) is 5.75 Å². The van der Waals surface area contributed by atoms with Crippen LogP contribution >= 0.6 is 11.3 Å². The number of carbonyl (C=O) groups excluding carboxylic acids is 1. The molecule has 0 saturated carbocycles. The average Bonchev–Trinajstić information content (AvgIpc) is 2.90. The topological polar surface area (TPSA) is 75.6 Å². The number of aromatic carboxylic acids is 1. The standard InChI is InChI=1S/C15H15NO4S/c1-2-11-8-12(14(21-11)15(18)19)20-9-13(17)16-10-6-4-3-5-7-10/h3-8H,2,9H2,1H3,(H,16,17)(H,18,19). The maximum Gasteiger partial charge on any atom is 0.349 e. The molecule has 0 atom stereocenters. The first-order valence-corrected chi connectivity index (χ1v) is 7.25. The van der Waals surface area contributed by atoms with Gasteiger partial charge in [-0.25, -0.2) is 4.79 Å². The summed E-state index contributed by atoms with van der Waals surface area (Å²) in [4.78, 5) is 23.9. The fourth-order valence-electron chi connectivity index (χ4n) is 1.71. The molecule has 0 bridgehead atoms. The van der Waals surface area contributed by atoms with E-state index in [1.165, 1.54) is 11.3 Å². The van der Waals surface area contributed by atoms with E-state index in [1.54, 1.807) is 18.2 Å². The molecule has 21 heavy (non-hydrogen) atoms. The molecule has 6 heteroatoms. The fraction of sp³-hybridized carbons (Fsp3) is 0.200. The molecule has 1 aromatic heterocycles. The lowest BCUT2D eigenvalue weighted by Gasteiger charge is -2.06. The van der Waals surface area contributed by atoms with Gasteiger partial charge in [-0.05, 0) is 24.6 Å². The molecular formula is C15H15NO4S. The lowest BCUT2D eigenvalue weighted by Crippen LogP contribution is -2.20. The highest BCUT2D eigenvalue weighted by Crippen LogP contribution is 2.29. The first-order chi connectivity index (χ1) is 10.1. The van der Waals surface area contributed by atoms with Crippen LogP contribution in [0, 0.1) is 0 Å². The zero-order valence-corrected chi connectivity index (χ0v) is 12.3. The van der Waals surface area contributed by atoms with Crippen LogP contribution in [0.1, 0.15) is 21.5 Å². The number of nitrogens with one attached hydrogen (secondary N) is 1. The predicted octanol–water partition coefficient (Wildman–Crippen LogP) is 3.03. The van der Waals surface area contributed by atoms with Crippen LogP contribution in [0.5, 0.6) is 5.75 Å². The third-order valence-electron chi connectivity index (χ3n) is 2.71. The average molecular weight is 305 g/mol. The monoisotopic (exact) mass is 305 g/mol. The molecule has 1 amide bonds. The first-order valence-electron chi connectivity index (χ1n) is 6.44. The second kappa shape index (κ2) is 6.90. The van der Waals surface area contributed by atoms with E-state index in [-0.39, 0.29) is 23.1 Å². The molecule has 0 unspecified atom stereocenters. The summed E-state index contributed by atoms with van der Waals surface area (Å²) in [6, 6.07) is 10.7. The normalized spacial score (nSPS) is 10.1. The second-order valence-electron chi connectivity index (χ2n) is 4.27. The number of hydrogen-bond donors (Lipinski definition) is 2. The minimum absolute atomic E-state index is 0.124. The smallest absolute Gasteiger partial charge is 0.349 e. The summed E-state index contributed by atoms with van der Waals surface area (Å²) in [7, 11) is 0. The van der Waals surface area contributed by atoms with E-state index in [0.717, 1.165) is 11.3 Å². The number of carboxylic acid groups (broad SMARTS) is 1. The van der Waals surface area contributed by atoms with Gasteiger partial charge in [-0.3, -0.25) is 4.79 Å². The van der Waals surface area contributed by atoms with Crippen LogP contribution in [-0.4, -0.2) is 23.6 Å². The maximum atomic E-state index is 11.8. The van der Waals surface area contributed by atoms with Crippen LogP contribution < -0.4 is 10.1 Å². The van der Waals surface area contributed by atoms with Crippen LogP contribution in [0.25, 0.3) is 0 Å². The van der Waals surface area contributed by atoms with Crippen molar-refractivity contribution in [3.63, 3.8) is 0 Å². The molecule has 2 rings (SSSR count). The quantitative estimate of drug-likeness (QED) is 0.860. The van der Waals surface area contributed by atoms with Gasteiger partial charge in [-0.15, -0.1) is 11.3 Å². The largest absolute Gasteiger partial charge is 0.482 e. The van der Waals surface area contributed by atoms with Gasteiger partial charge in [0.25, 0.3) is 5.91 Å². The van der Waals surface area contributed by atoms with E-state index in [2.05, 4.69) is 5.32 Å². The van der Waals surface area contributed by atoms with Crippen molar-refractivity contribution in [2.24, 2.45) is 0 Å². The Kier molecular flexibility index (Phi) is 4.94. The Balaban J connectivity index is 1.98. The molecule has 0 spiro atoms. The Bertz CT molecular complexity index is 636. The van der Waals surface area contributed by atoms with Crippen LogP contribution in [0.2, 0.25) is 0 Å². The number of aryl methyl sites for hydroxylation is 1. The van der Waals surface area contributed by atoms with Gasteiger partial charge in [-0.1, -0.05) is 25.1 Å². The summed E-state index contributed by atoms with van der Waals surface area (Å²) in [6.07, 6.45) is 0.727. The summed E-state index contributed by atoms with van der Waals surface area (Å²) in [5, 5.41) is 11.8. The van der Waals surface area contributed by atoms with Crippen molar-refractivity contribution in [3.05, 3.63) is 46.2 Å². The van der Waals surface area contributed by atoms with E-state index < -0.39 is 5.97 Å². The molecule has 0 aliphatic heterocycles. The van der Waals surface area contributed by atoms with Crippen LogP contribution in [0.3, 0.4) is 0 Å². The summed E-state index contributed by atoms with van der Waals surface area (Å²) in [5.41, 5.74) is 0.670. The Morgan fingerprint density at radius 1 is 1.29 bits per heavy atom. The Labute approximate surface area is 126 Å². The van der Waals surface area contributed by atoms with E-state index in [4.69, 9.17) is 9.84 Å². The lowest BCUT2D eigenvalue weighted by atomic mass is 10.3. The van der Waals surface area contributed by atoms with E-state index in [9.17, 15) is 9.59 Å². The number of carboxylic acids is 1. The number of thiophene rings is 1. The van der Waals surface area contributed by atoms with Gasteiger partial charge in [0.15, 0.2) is 11.5 Å². The number of rotatable bonds is 6. The number of benzene rings is 1. The highest BCUT2D eigenvalue weighted by Gasteiger charge is 2.17. The molecule has 2 aromatic rings. The number of amides is 1. The minimum Gasteiger partial charge on any atom is -0.482 e. The molecular weight excluding hydrogens is 290 g/mol. The van der Waals surface area contributed by atoms with Crippen molar-refractivity contribution in [1.82, 2.24) is 0 Å². The minimum atomic E-state index is -1.04. The van der Waals surface area contributed by atoms with Crippen molar-refractivity contribution in [2.75, 3.05) is 11.9 Å². The van der Waals surface area contributed by atoms with Crippen molar-refractivity contribution >= 4 is 28.9 Å². The van der Waals surface area contributed by atoms with Crippen LogP contribution in [-0.2, 0) is 11.2 Å². The third-order valence-corrected chi connectivity index (χ3v) is 3.96. The molecule has 2 N–H and O–H groups in total. The second-order valence-corrected chi connectivity index (χ2v) is 5.40. The van der Waals surface area contributed by atoms with Crippen molar-refractivity contribution in [2.45, 2.75) is 13.3 Å². The zero-order valence-electron chi connectivity index (χ0n) is 11.5. The molecule has 1 heterocycles. The van der Waals surface area contributed by atoms with Crippen LogP contribution in [0.15, 0.2) is 36.4 Å². The van der Waals surface area contributed by atoms with Gasteiger partial charge in [0.05, 0.1) is 0 Å². The van der Waals surface area contributed by atoms with Gasteiger partial charge < -0.3 is 15.2 Å². The number of hydrogen-bond acceptors (Lipinski definition) is 4. The predicted molar refractivity (Wildman–Crippen MR) is 81.2 cm³/mol. The van der Waals surface area contributed by atoms with Crippen molar-refractivity contribution < 1.29 is 19.4 Å². The van der Waals surface area contributed by atoms with Crippen molar-refractivity contribution in [3.8, 4) is 5.75 Å². The van der Waals surface area contributed by atoms with E-state index in [1.807, 2.05) is 25.1 Å².